The van der Waals surface area contributed by atoms with Crippen molar-refractivity contribution in [3.63, 3.8) is 0 Å². The molecule has 0 saturated carbocycles. The Kier molecular flexibility index (Phi) is 6.12. The van der Waals surface area contributed by atoms with Crippen LogP contribution in [0.25, 0.3) is 0 Å². The van der Waals surface area contributed by atoms with Crippen LogP contribution in [0.3, 0.4) is 0 Å². The SMILES string of the molecule is Cc1ccc(N(c2ccccc2Oc2cccc(O)c2C)c2ccc(C)c(O)c2C)c(C)c1O. The smallest absolute Gasteiger partial charge is 0.151 e. The Bertz CT molecular complexity index is 1320. The number of hydrogen-bond donors (Lipinski definition) is 3. The van der Waals surface area contributed by atoms with Crippen molar-refractivity contribution in [2.75, 3.05) is 4.90 Å². The molecule has 0 unspecified atom stereocenters. The third-order valence-corrected chi connectivity index (χ3v) is 6.27. The fourth-order valence-electron chi connectivity index (χ4n) is 4.08. The first-order chi connectivity index (χ1) is 16.2. The first-order valence-electron chi connectivity index (χ1n) is 11.1. The zero-order chi connectivity index (χ0) is 24.6. The number of anilines is 3. The molecule has 0 radical (unpaired) electrons. The lowest BCUT2D eigenvalue weighted by Gasteiger charge is -2.31. The zero-order valence-corrected chi connectivity index (χ0v) is 20.0. The molecule has 0 spiro atoms. The van der Waals surface area contributed by atoms with Crippen molar-refractivity contribution in [1.29, 1.82) is 0 Å². The van der Waals surface area contributed by atoms with Gasteiger partial charge in [0, 0.05) is 16.7 Å². The summed E-state index contributed by atoms with van der Waals surface area (Å²) in [6, 6.07) is 20.4. The summed E-state index contributed by atoms with van der Waals surface area (Å²) in [7, 11) is 0. The lowest BCUT2D eigenvalue weighted by Crippen LogP contribution is -2.14. The summed E-state index contributed by atoms with van der Waals surface area (Å²) >= 11 is 0. The summed E-state index contributed by atoms with van der Waals surface area (Å²) in [5.74, 6) is 1.71. The van der Waals surface area contributed by atoms with Crippen LogP contribution in [0.15, 0.2) is 66.7 Å². The molecule has 0 aliphatic carbocycles. The van der Waals surface area contributed by atoms with E-state index in [-0.39, 0.29) is 17.2 Å². The van der Waals surface area contributed by atoms with Gasteiger partial charge in [0.15, 0.2) is 5.75 Å². The average molecular weight is 456 g/mol. The quantitative estimate of drug-likeness (QED) is 0.289. The van der Waals surface area contributed by atoms with Crippen LogP contribution >= 0.6 is 0 Å². The Balaban J connectivity index is 1.97. The standard InChI is InChI=1S/C29H29NO4/c1-17-13-15-22(19(3)28(17)32)30(23-16-14-18(2)29(33)20(23)4)24-9-6-7-11-27(24)34-26-12-8-10-25(31)21(26)5/h6-16,31-33H,1-5H3. The largest absolute Gasteiger partial charge is 0.508 e. The predicted octanol–water partition coefficient (Wildman–Crippen LogP) is 7.61. The highest BCUT2D eigenvalue weighted by Gasteiger charge is 2.23. The van der Waals surface area contributed by atoms with Crippen LogP contribution in [-0.2, 0) is 0 Å². The van der Waals surface area contributed by atoms with E-state index in [1.807, 2.05) is 87.2 Å². The van der Waals surface area contributed by atoms with Gasteiger partial charge in [-0.05, 0) is 82.1 Å². The molecule has 174 valence electrons. The first kappa shape index (κ1) is 23.1. The van der Waals surface area contributed by atoms with Crippen molar-refractivity contribution in [3.05, 3.63) is 94.5 Å². The molecule has 0 atom stereocenters. The molecule has 4 aromatic rings. The molecule has 0 aliphatic heterocycles. The highest BCUT2D eigenvalue weighted by Crippen LogP contribution is 2.47. The van der Waals surface area contributed by atoms with E-state index < -0.39 is 0 Å². The molecule has 5 nitrogen and oxygen atoms in total. The van der Waals surface area contributed by atoms with Gasteiger partial charge in [-0.25, -0.2) is 0 Å². The molecule has 34 heavy (non-hydrogen) atoms. The summed E-state index contributed by atoms with van der Waals surface area (Å²) in [5.41, 5.74) is 5.87. The number of phenolic OH excluding ortho intramolecular Hbond substituents is 3. The van der Waals surface area contributed by atoms with Crippen LogP contribution < -0.4 is 9.64 Å². The normalized spacial score (nSPS) is 10.9. The fraction of sp³-hybridized carbons (Fsp3) is 0.172. The van der Waals surface area contributed by atoms with Crippen molar-refractivity contribution >= 4 is 17.1 Å². The Morgan fingerprint density at radius 3 is 1.65 bits per heavy atom. The Morgan fingerprint density at radius 1 is 0.529 bits per heavy atom. The number of aryl methyl sites for hydroxylation is 2. The van der Waals surface area contributed by atoms with Crippen molar-refractivity contribution < 1.29 is 20.1 Å². The summed E-state index contributed by atoms with van der Waals surface area (Å²) in [5, 5.41) is 31.6. The Labute approximate surface area is 200 Å². The van der Waals surface area contributed by atoms with Gasteiger partial charge < -0.3 is 25.0 Å². The van der Waals surface area contributed by atoms with E-state index in [4.69, 9.17) is 4.74 Å². The van der Waals surface area contributed by atoms with E-state index in [9.17, 15) is 15.3 Å². The third-order valence-electron chi connectivity index (χ3n) is 6.27. The molecule has 3 N–H and O–H groups in total. The number of phenols is 3. The van der Waals surface area contributed by atoms with Crippen LogP contribution in [0, 0.1) is 34.6 Å². The predicted molar refractivity (Wildman–Crippen MR) is 136 cm³/mol. The highest BCUT2D eigenvalue weighted by atomic mass is 16.5. The molecule has 0 bridgehead atoms. The Morgan fingerprint density at radius 2 is 1.06 bits per heavy atom. The van der Waals surface area contributed by atoms with Gasteiger partial charge in [0.1, 0.15) is 23.0 Å². The highest BCUT2D eigenvalue weighted by molar-refractivity contribution is 5.85. The molecular formula is C29H29NO4. The minimum absolute atomic E-state index is 0.158. The minimum atomic E-state index is 0.158. The molecule has 4 aromatic carbocycles. The van der Waals surface area contributed by atoms with Gasteiger partial charge in [-0.15, -0.1) is 0 Å². The molecule has 0 aliphatic rings. The molecule has 0 aromatic heterocycles. The second-order valence-corrected chi connectivity index (χ2v) is 8.56. The lowest BCUT2D eigenvalue weighted by molar-refractivity contribution is 0.448. The van der Waals surface area contributed by atoms with Gasteiger partial charge in [0.25, 0.3) is 0 Å². The maximum absolute atomic E-state index is 10.7. The molecule has 0 amide bonds. The fourth-order valence-corrected chi connectivity index (χ4v) is 4.08. The molecule has 0 saturated heterocycles. The van der Waals surface area contributed by atoms with E-state index in [1.54, 1.807) is 19.1 Å². The van der Waals surface area contributed by atoms with Crippen LogP contribution in [-0.4, -0.2) is 15.3 Å². The maximum atomic E-state index is 10.7. The van der Waals surface area contributed by atoms with E-state index in [0.29, 0.717) is 28.2 Å². The van der Waals surface area contributed by atoms with Crippen molar-refractivity contribution in [1.82, 2.24) is 0 Å². The van der Waals surface area contributed by atoms with Crippen molar-refractivity contribution in [2.45, 2.75) is 34.6 Å². The lowest BCUT2D eigenvalue weighted by atomic mass is 10.0. The van der Waals surface area contributed by atoms with Crippen LogP contribution in [0.2, 0.25) is 0 Å². The number of rotatable bonds is 5. The van der Waals surface area contributed by atoms with E-state index in [2.05, 4.69) is 0 Å². The average Bonchev–Trinajstić information content (AvgIpc) is 2.82. The molecule has 5 heteroatoms. The number of ether oxygens (including phenoxy) is 1. The van der Waals surface area contributed by atoms with Crippen molar-refractivity contribution in [2.24, 2.45) is 0 Å². The van der Waals surface area contributed by atoms with Gasteiger partial charge in [0.05, 0.1) is 17.1 Å². The third kappa shape index (κ3) is 4.01. The zero-order valence-electron chi connectivity index (χ0n) is 20.0. The second-order valence-electron chi connectivity index (χ2n) is 8.56. The van der Waals surface area contributed by atoms with E-state index in [1.165, 1.54) is 0 Å². The van der Waals surface area contributed by atoms with Gasteiger partial charge in [0.2, 0.25) is 0 Å². The first-order valence-corrected chi connectivity index (χ1v) is 11.1. The number of hydrogen-bond acceptors (Lipinski definition) is 5. The summed E-state index contributed by atoms with van der Waals surface area (Å²) < 4.78 is 6.31. The number of nitrogens with zero attached hydrogens (tertiary/aromatic N) is 1. The topological polar surface area (TPSA) is 73.2 Å². The summed E-state index contributed by atoms with van der Waals surface area (Å²) in [6.45, 7) is 9.27. The number of aromatic hydroxyl groups is 3. The maximum Gasteiger partial charge on any atom is 0.151 e. The van der Waals surface area contributed by atoms with Crippen LogP contribution in [0.5, 0.6) is 28.7 Å². The molecule has 0 fully saturated rings. The minimum Gasteiger partial charge on any atom is -0.508 e. The van der Waals surface area contributed by atoms with E-state index >= 15 is 0 Å². The van der Waals surface area contributed by atoms with E-state index in [0.717, 1.165) is 28.2 Å². The van der Waals surface area contributed by atoms with Crippen LogP contribution in [0.4, 0.5) is 17.1 Å². The molecular weight excluding hydrogens is 426 g/mol. The summed E-state index contributed by atoms with van der Waals surface area (Å²) in [4.78, 5) is 1.98. The molecule has 0 heterocycles. The number of para-hydroxylation sites is 2. The van der Waals surface area contributed by atoms with Crippen molar-refractivity contribution in [3.8, 4) is 28.7 Å². The van der Waals surface area contributed by atoms with Gasteiger partial charge in [-0.1, -0.05) is 30.3 Å². The number of benzene rings is 4. The Hall–Kier alpha value is -4.12. The monoisotopic (exact) mass is 455 g/mol. The van der Waals surface area contributed by atoms with Crippen LogP contribution in [0.1, 0.15) is 27.8 Å². The molecule has 4 rings (SSSR count). The summed E-state index contributed by atoms with van der Waals surface area (Å²) in [6.07, 6.45) is 0. The second kappa shape index (κ2) is 9.02. The van der Waals surface area contributed by atoms with Gasteiger partial charge in [-0.2, -0.15) is 0 Å². The van der Waals surface area contributed by atoms with Gasteiger partial charge in [-0.3, -0.25) is 0 Å². The van der Waals surface area contributed by atoms with Gasteiger partial charge >= 0.3 is 0 Å².